The molecule has 0 saturated heterocycles. The number of aromatic amines is 1. The van der Waals surface area contributed by atoms with E-state index in [0.29, 0.717) is 0 Å². The molecule has 2 aromatic heterocycles. The lowest BCUT2D eigenvalue weighted by molar-refractivity contribution is 0.414. The lowest BCUT2D eigenvalue weighted by Gasteiger charge is -2.07. The number of fused-ring (bicyclic) bond motifs is 1. The van der Waals surface area contributed by atoms with Gasteiger partial charge in [-0.1, -0.05) is 0 Å². The van der Waals surface area contributed by atoms with Gasteiger partial charge in [0.1, 0.15) is 5.65 Å². The number of pyridine rings is 1. The number of likely N-dealkylation sites (N-methyl/N-ethyl adjacent to an activating group) is 1. The summed E-state index contributed by atoms with van der Waals surface area (Å²) in [5.41, 5.74) is 2.34. The van der Waals surface area contributed by atoms with Crippen LogP contribution in [-0.2, 0) is 6.42 Å². The minimum Gasteiger partial charge on any atom is -0.346 e. The predicted molar refractivity (Wildman–Crippen MR) is 72.8 cm³/mol. The first-order valence-corrected chi connectivity index (χ1v) is 4.83. The highest BCUT2D eigenvalue weighted by molar-refractivity contribution is 5.85. The van der Waals surface area contributed by atoms with Gasteiger partial charge in [-0.2, -0.15) is 0 Å². The molecule has 0 aliphatic rings. The number of halogens is 2. The standard InChI is InChI=1S/C11H15N3.2ClH/c1-14(2)7-5-9-8-13-11-10(9)4-3-6-12-11;;/h3-4,6,8H,5,7H2,1-2H3,(H,12,13);2*1H. The Labute approximate surface area is 108 Å². The van der Waals surface area contributed by atoms with E-state index >= 15 is 0 Å². The predicted octanol–water partition coefficient (Wildman–Crippen LogP) is 2.51. The van der Waals surface area contributed by atoms with E-state index in [4.69, 9.17) is 0 Å². The number of H-pyrrole nitrogens is 1. The van der Waals surface area contributed by atoms with E-state index in [0.717, 1.165) is 18.6 Å². The van der Waals surface area contributed by atoms with Crippen molar-refractivity contribution in [3.8, 4) is 0 Å². The molecule has 2 aromatic rings. The third-order valence-electron chi connectivity index (χ3n) is 2.37. The van der Waals surface area contributed by atoms with Crippen LogP contribution >= 0.6 is 24.8 Å². The molecule has 0 aromatic carbocycles. The Morgan fingerprint density at radius 1 is 1.31 bits per heavy atom. The molecule has 3 nitrogen and oxygen atoms in total. The smallest absolute Gasteiger partial charge is 0.137 e. The summed E-state index contributed by atoms with van der Waals surface area (Å²) in [6, 6.07) is 4.10. The molecular weight excluding hydrogens is 245 g/mol. The van der Waals surface area contributed by atoms with Gasteiger partial charge in [0.15, 0.2) is 0 Å². The van der Waals surface area contributed by atoms with E-state index in [1.54, 1.807) is 0 Å². The van der Waals surface area contributed by atoms with Crippen molar-refractivity contribution in [3.63, 3.8) is 0 Å². The maximum Gasteiger partial charge on any atom is 0.137 e. The molecule has 0 aliphatic carbocycles. The largest absolute Gasteiger partial charge is 0.346 e. The zero-order valence-corrected chi connectivity index (χ0v) is 11.1. The van der Waals surface area contributed by atoms with Crippen molar-refractivity contribution in [2.24, 2.45) is 0 Å². The van der Waals surface area contributed by atoms with Crippen LogP contribution in [0.15, 0.2) is 24.5 Å². The summed E-state index contributed by atoms with van der Waals surface area (Å²) in [6.07, 6.45) is 4.94. The van der Waals surface area contributed by atoms with Gasteiger partial charge in [0.05, 0.1) is 0 Å². The summed E-state index contributed by atoms with van der Waals surface area (Å²) in [5, 5.41) is 1.24. The first kappa shape index (κ1) is 15.2. The second-order valence-corrected chi connectivity index (χ2v) is 3.77. The second kappa shape index (κ2) is 6.74. The van der Waals surface area contributed by atoms with E-state index in [-0.39, 0.29) is 24.8 Å². The van der Waals surface area contributed by atoms with Gasteiger partial charge >= 0.3 is 0 Å². The van der Waals surface area contributed by atoms with Crippen LogP contribution < -0.4 is 0 Å². The quantitative estimate of drug-likeness (QED) is 0.921. The van der Waals surface area contributed by atoms with Crippen molar-refractivity contribution in [1.82, 2.24) is 14.9 Å². The third-order valence-corrected chi connectivity index (χ3v) is 2.37. The molecule has 90 valence electrons. The van der Waals surface area contributed by atoms with Gasteiger partial charge in [0, 0.05) is 24.3 Å². The SMILES string of the molecule is CN(C)CCc1c[nH]c2ncccc12.Cl.Cl. The average molecular weight is 262 g/mol. The Hall–Kier alpha value is -0.770. The van der Waals surface area contributed by atoms with Crippen molar-refractivity contribution >= 4 is 35.8 Å². The van der Waals surface area contributed by atoms with Crippen molar-refractivity contribution in [1.29, 1.82) is 0 Å². The van der Waals surface area contributed by atoms with Gasteiger partial charge in [0.25, 0.3) is 0 Å². The number of nitrogens with one attached hydrogen (secondary N) is 1. The van der Waals surface area contributed by atoms with Gasteiger partial charge in [-0.25, -0.2) is 4.98 Å². The van der Waals surface area contributed by atoms with Gasteiger partial charge < -0.3 is 9.88 Å². The van der Waals surface area contributed by atoms with Crippen LogP contribution in [-0.4, -0.2) is 35.5 Å². The van der Waals surface area contributed by atoms with Gasteiger partial charge in [0.2, 0.25) is 0 Å². The number of rotatable bonds is 3. The lowest BCUT2D eigenvalue weighted by atomic mass is 10.1. The number of aromatic nitrogens is 2. The van der Waals surface area contributed by atoms with Crippen molar-refractivity contribution in [2.75, 3.05) is 20.6 Å². The molecule has 0 atom stereocenters. The van der Waals surface area contributed by atoms with Crippen LogP contribution in [0.1, 0.15) is 5.56 Å². The topological polar surface area (TPSA) is 31.9 Å². The van der Waals surface area contributed by atoms with Crippen LogP contribution in [0.25, 0.3) is 11.0 Å². The first-order valence-electron chi connectivity index (χ1n) is 4.83. The number of hydrogen-bond donors (Lipinski definition) is 1. The van der Waals surface area contributed by atoms with E-state index in [1.165, 1.54) is 10.9 Å². The molecule has 16 heavy (non-hydrogen) atoms. The summed E-state index contributed by atoms with van der Waals surface area (Å²) in [7, 11) is 4.18. The van der Waals surface area contributed by atoms with Crippen LogP contribution in [0.5, 0.6) is 0 Å². The summed E-state index contributed by atoms with van der Waals surface area (Å²) in [6.45, 7) is 1.07. The maximum absolute atomic E-state index is 4.26. The zero-order valence-electron chi connectivity index (χ0n) is 9.43. The first-order chi connectivity index (χ1) is 6.77. The fourth-order valence-electron chi connectivity index (χ4n) is 1.56. The van der Waals surface area contributed by atoms with Gasteiger partial charge in [-0.3, -0.25) is 0 Å². The van der Waals surface area contributed by atoms with Crippen molar-refractivity contribution in [3.05, 3.63) is 30.1 Å². The summed E-state index contributed by atoms with van der Waals surface area (Å²) >= 11 is 0. The third kappa shape index (κ3) is 3.37. The molecule has 0 spiro atoms. The Balaban J connectivity index is 0.00000112. The van der Waals surface area contributed by atoms with Crippen LogP contribution in [0.3, 0.4) is 0 Å². The van der Waals surface area contributed by atoms with Gasteiger partial charge in [-0.15, -0.1) is 24.8 Å². The Bertz CT molecular complexity index is 426. The highest BCUT2D eigenvalue weighted by atomic mass is 35.5. The Morgan fingerprint density at radius 2 is 2.06 bits per heavy atom. The molecule has 2 heterocycles. The fraction of sp³-hybridized carbons (Fsp3) is 0.364. The lowest BCUT2D eigenvalue weighted by Crippen LogP contribution is -2.14. The molecule has 5 heteroatoms. The molecule has 0 fully saturated rings. The number of hydrogen-bond acceptors (Lipinski definition) is 2. The van der Waals surface area contributed by atoms with Gasteiger partial charge in [-0.05, 0) is 38.2 Å². The highest BCUT2D eigenvalue weighted by Crippen LogP contribution is 2.15. The molecule has 2 rings (SSSR count). The second-order valence-electron chi connectivity index (χ2n) is 3.77. The van der Waals surface area contributed by atoms with E-state index in [9.17, 15) is 0 Å². The van der Waals surface area contributed by atoms with Crippen molar-refractivity contribution < 1.29 is 0 Å². The summed E-state index contributed by atoms with van der Waals surface area (Å²) in [4.78, 5) is 9.63. The maximum atomic E-state index is 4.26. The molecule has 0 unspecified atom stereocenters. The fourth-order valence-corrected chi connectivity index (χ4v) is 1.56. The van der Waals surface area contributed by atoms with E-state index in [1.807, 2.05) is 12.3 Å². The summed E-state index contributed by atoms with van der Waals surface area (Å²) < 4.78 is 0. The summed E-state index contributed by atoms with van der Waals surface area (Å²) in [5.74, 6) is 0. The molecule has 0 amide bonds. The Morgan fingerprint density at radius 3 is 2.75 bits per heavy atom. The van der Waals surface area contributed by atoms with E-state index < -0.39 is 0 Å². The van der Waals surface area contributed by atoms with Crippen LogP contribution in [0.2, 0.25) is 0 Å². The van der Waals surface area contributed by atoms with Crippen LogP contribution in [0.4, 0.5) is 0 Å². The Kier molecular flexibility index (Phi) is 6.41. The molecule has 0 radical (unpaired) electrons. The average Bonchev–Trinajstić information content (AvgIpc) is 2.58. The van der Waals surface area contributed by atoms with E-state index in [2.05, 4.69) is 41.2 Å². The zero-order chi connectivity index (χ0) is 9.97. The monoisotopic (exact) mass is 261 g/mol. The molecule has 1 N–H and O–H groups in total. The highest BCUT2D eigenvalue weighted by Gasteiger charge is 2.03. The normalized spacial score (nSPS) is 9.94. The molecule has 0 aliphatic heterocycles. The van der Waals surface area contributed by atoms with Crippen molar-refractivity contribution in [2.45, 2.75) is 6.42 Å². The van der Waals surface area contributed by atoms with Crippen LogP contribution in [0, 0.1) is 0 Å². The molecule has 0 saturated carbocycles. The minimum atomic E-state index is 0. The molecule has 0 bridgehead atoms. The minimum absolute atomic E-state index is 0. The number of nitrogens with zero attached hydrogens (tertiary/aromatic N) is 2. The molecular formula is C11H17Cl2N3.